The Morgan fingerprint density at radius 2 is 1.81 bits per heavy atom. The Hall–Kier alpha value is -2.91. The van der Waals surface area contributed by atoms with Gasteiger partial charge in [-0.05, 0) is 0 Å². The maximum absolute atomic E-state index is 12.7. The van der Waals surface area contributed by atoms with Gasteiger partial charge in [-0.2, -0.15) is 13.2 Å². The zero-order chi connectivity index (χ0) is 19.3. The van der Waals surface area contributed by atoms with E-state index in [0.29, 0.717) is 14.8 Å². The van der Waals surface area contributed by atoms with Gasteiger partial charge in [0.1, 0.15) is 0 Å². The molecule has 0 unspecified atom stereocenters. The summed E-state index contributed by atoms with van der Waals surface area (Å²) in [6.45, 7) is -0.284. The van der Waals surface area contributed by atoms with Crippen LogP contribution in [0.4, 0.5) is 13.2 Å². The summed E-state index contributed by atoms with van der Waals surface area (Å²) >= 11 is 0. The summed E-state index contributed by atoms with van der Waals surface area (Å²) in [4.78, 5) is 35.3. The van der Waals surface area contributed by atoms with E-state index < -0.39 is 23.6 Å². The quantitative estimate of drug-likeness (QED) is 0.746. The predicted molar refractivity (Wildman–Crippen MR) is 85.5 cm³/mol. The summed E-state index contributed by atoms with van der Waals surface area (Å²) in [5.74, 6) is -1.92. The first kappa shape index (κ1) is 19.4. The fourth-order valence-electron chi connectivity index (χ4n) is 2.27. The number of hydrogen-bond donors (Lipinski definition) is 1. The molecule has 2 aromatic rings. The molecular formula is C16H17F3N4O3. The second-order valence-corrected chi connectivity index (χ2v) is 5.53. The van der Waals surface area contributed by atoms with E-state index in [9.17, 15) is 27.6 Å². The molecule has 0 saturated heterocycles. The van der Waals surface area contributed by atoms with Crippen LogP contribution in [0, 0.1) is 0 Å². The largest absolute Gasteiger partial charge is 0.451 e. The van der Waals surface area contributed by atoms with Crippen molar-refractivity contribution in [1.82, 2.24) is 19.7 Å². The van der Waals surface area contributed by atoms with Crippen LogP contribution in [0.3, 0.4) is 0 Å². The Morgan fingerprint density at radius 3 is 2.38 bits per heavy atom. The standard InChI is InChI=1S/C16H17F3N4O3/c1-22-14(16(17,18)19)21-23(15(22)26)10-9-20-13(25)8-7-12(24)11-5-3-2-4-6-11/h2-6H,7-10H2,1H3,(H,20,25). The predicted octanol–water partition coefficient (Wildman–Crippen LogP) is 1.38. The number of hydrogen-bond acceptors (Lipinski definition) is 4. The van der Waals surface area contributed by atoms with E-state index in [0.717, 1.165) is 7.05 Å². The van der Waals surface area contributed by atoms with Crippen molar-refractivity contribution in [3.05, 3.63) is 52.2 Å². The molecular weight excluding hydrogens is 353 g/mol. The molecule has 10 heteroatoms. The first-order chi connectivity index (χ1) is 12.2. The highest BCUT2D eigenvalue weighted by atomic mass is 19.4. The average Bonchev–Trinajstić information content (AvgIpc) is 2.89. The average molecular weight is 370 g/mol. The Morgan fingerprint density at radius 1 is 1.15 bits per heavy atom. The number of nitrogens with zero attached hydrogens (tertiary/aromatic N) is 3. The molecule has 1 N–H and O–H groups in total. The molecule has 0 bridgehead atoms. The summed E-state index contributed by atoms with van der Waals surface area (Å²) in [5.41, 5.74) is -0.425. The Labute approximate surface area is 146 Å². The normalized spacial score (nSPS) is 11.4. The minimum Gasteiger partial charge on any atom is -0.354 e. The van der Waals surface area contributed by atoms with E-state index in [1.165, 1.54) is 0 Å². The fraction of sp³-hybridized carbons (Fsp3) is 0.375. The number of Topliss-reactive ketones (excluding diaryl/α,β-unsaturated/α-hetero) is 1. The van der Waals surface area contributed by atoms with Gasteiger partial charge in [0.15, 0.2) is 5.78 Å². The van der Waals surface area contributed by atoms with Gasteiger partial charge in [0.05, 0.1) is 6.54 Å². The van der Waals surface area contributed by atoms with Crippen LogP contribution in [0.1, 0.15) is 29.0 Å². The number of alkyl halides is 3. The van der Waals surface area contributed by atoms with Crippen LogP contribution in [0.5, 0.6) is 0 Å². The Balaban J connectivity index is 1.82. The number of carbonyl (C=O) groups is 2. The van der Waals surface area contributed by atoms with E-state index in [4.69, 9.17) is 0 Å². The summed E-state index contributed by atoms with van der Waals surface area (Å²) in [5, 5.41) is 5.68. The molecule has 7 nitrogen and oxygen atoms in total. The SMILES string of the molecule is Cn1c(C(F)(F)F)nn(CCNC(=O)CCC(=O)c2ccccc2)c1=O. The van der Waals surface area contributed by atoms with E-state index in [-0.39, 0.29) is 31.7 Å². The molecule has 0 fully saturated rings. The number of amides is 1. The first-order valence-corrected chi connectivity index (χ1v) is 7.76. The molecule has 0 aliphatic rings. The van der Waals surface area contributed by atoms with Gasteiger partial charge in [0, 0.05) is 32.0 Å². The number of ketones is 1. The highest BCUT2D eigenvalue weighted by Gasteiger charge is 2.37. The van der Waals surface area contributed by atoms with Gasteiger partial charge in [-0.15, -0.1) is 5.10 Å². The molecule has 0 aliphatic carbocycles. The lowest BCUT2D eigenvalue weighted by Gasteiger charge is -2.05. The van der Waals surface area contributed by atoms with Crippen LogP contribution < -0.4 is 11.0 Å². The van der Waals surface area contributed by atoms with Crippen molar-refractivity contribution in [2.75, 3.05) is 6.54 Å². The van der Waals surface area contributed by atoms with Crippen molar-refractivity contribution in [3.63, 3.8) is 0 Å². The third kappa shape index (κ3) is 4.80. The Bertz CT molecular complexity index is 841. The first-order valence-electron chi connectivity index (χ1n) is 7.76. The van der Waals surface area contributed by atoms with Gasteiger partial charge in [-0.1, -0.05) is 30.3 Å². The number of aromatic nitrogens is 3. The number of benzene rings is 1. The molecule has 1 heterocycles. The highest BCUT2D eigenvalue weighted by Crippen LogP contribution is 2.25. The number of halogens is 3. The van der Waals surface area contributed by atoms with Crippen molar-refractivity contribution >= 4 is 11.7 Å². The second kappa shape index (κ2) is 7.98. The molecule has 140 valence electrons. The van der Waals surface area contributed by atoms with Crippen LogP contribution in [0.2, 0.25) is 0 Å². The van der Waals surface area contributed by atoms with Crippen molar-refractivity contribution in [2.45, 2.75) is 25.6 Å². The molecule has 0 atom stereocenters. The molecule has 0 saturated carbocycles. The van der Waals surface area contributed by atoms with Crippen LogP contribution in [-0.4, -0.2) is 32.6 Å². The summed E-state index contributed by atoms with van der Waals surface area (Å²) in [7, 11) is 0.975. The number of rotatable bonds is 7. The zero-order valence-electron chi connectivity index (χ0n) is 13.9. The molecule has 1 aromatic heterocycles. The van der Waals surface area contributed by atoms with Gasteiger partial charge < -0.3 is 5.32 Å². The number of carbonyl (C=O) groups excluding carboxylic acids is 2. The van der Waals surface area contributed by atoms with Crippen LogP contribution >= 0.6 is 0 Å². The van der Waals surface area contributed by atoms with Gasteiger partial charge >= 0.3 is 11.9 Å². The topological polar surface area (TPSA) is 86.0 Å². The minimum absolute atomic E-state index is 0.0115. The summed E-state index contributed by atoms with van der Waals surface area (Å²) in [6, 6.07) is 8.49. The highest BCUT2D eigenvalue weighted by molar-refractivity contribution is 5.97. The van der Waals surface area contributed by atoms with Gasteiger partial charge in [-0.3, -0.25) is 14.2 Å². The van der Waals surface area contributed by atoms with E-state index in [1.54, 1.807) is 30.3 Å². The molecule has 0 aliphatic heterocycles. The molecule has 1 amide bonds. The fourth-order valence-corrected chi connectivity index (χ4v) is 2.27. The molecule has 1 aromatic carbocycles. The monoisotopic (exact) mass is 370 g/mol. The van der Waals surface area contributed by atoms with E-state index in [2.05, 4.69) is 10.4 Å². The second-order valence-electron chi connectivity index (χ2n) is 5.53. The van der Waals surface area contributed by atoms with Crippen molar-refractivity contribution < 1.29 is 22.8 Å². The maximum atomic E-state index is 12.7. The van der Waals surface area contributed by atoms with Crippen molar-refractivity contribution in [3.8, 4) is 0 Å². The molecule has 0 radical (unpaired) electrons. The third-order valence-corrected chi connectivity index (χ3v) is 3.62. The van der Waals surface area contributed by atoms with Crippen LogP contribution in [-0.2, 0) is 24.6 Å². The lowest BCUT2D eigenvalue weighted by Crippen LogP contribution is -2.32. The van der Waals surface area contributed by atoms with Crippen LogP contribution in [0.15, 0.2) is 35.1 Å². The van der Waals surface area contributed by atoms with E-state index in [1.807, 2.05) is 0 Å². The molecule has 0 spiro atoms. The van der Waals surface area contributed by atoms with E-state index >= 15 is 0 Å². The summed E-state index contributed by atoms with van der Waals surface area (Å²) < 4.78 is 39.1. The van der Waals surface area contributed by atoms with Gasteiger partial charge in [0.25, 0.3) is 0 Å². The zero-order valence-corrected chi connectivity index (χ0v) is 13.9. The lowest BCUT2D eigenvalue weighted by molar-refractivity contribution is -0.147. The number of nitrogens with one attached hydrogen (secondary N) is 1. The Kier molecular flexibility index (Phi) is 5.96. The smallest absolute Gasteiger partial charge is 0.354 e. The lowest BCUT2D eigenvalue weighted by atomic mass is 10.1. The van der Waals surface area contributed by atoms with Crippen molar-refractivity contribution in [1.29, 1.82) is 0 Å². The summed E-state index contributed by atoms with van der Waals surface area (Å²) in [6.07, 6.45) is -4.78. The van der Waals surface area contributed by atoms with Gasteiger partial charge in [0.2, 0.25) is 11.7 Å². The minimum atomic E-state index is -4.74. The van der Waals surface area contributed by atoms with Crippen molar-refractivity contribution in [2.24, 2.45) is 7.05 Å². The molecule has 2 rings (SSSR count). The third-order valence-electron chi connectivity index (χ3n) is 3.62. The van der Waals surface area contributed by atoms with Gasteiger partial charge in [-0.25, -0.2) is 9.48 Å². The maximum Gasteiger partial charge on any atom is 0.451 e. The molecule has 26 heavy (non-hydrogen) atoms. The van der Waals surface area contributed by atoms with Crippen LogP contribution in [0.25, 0.3) is 0 Å².